The number of halogens is 2. The number of urea groups is 1. The number of H-pyrrole nitrogens is 1. The molecule has 3 aromatic carbocycles. The molecule has 37 heavy (non-hydrogen) atoms. The largest absolute Gasteiger partial charge is 0.375 e. The summed E-state index contributed by atoms with van der Waals surface area (Å²) in [6.07, 6.45) is 0. The summed E-state index contributed by atoms with van der Waals surface area (Å²) in [5.74, 6) is -2.34. The van der Waals surface area contributed by atoms with E-state index in [1.165, 1.54) is 37.4 Å². The highest BCUT2D eigenvalue weighted by molar-refractivity contribution is 6.01. The van der Waals surface area contributed by atoms with E-state index in [-0.39, 0.29) is 16.8 Å². The molecule has 188 valence electrons. The van der Waals surface area contributed by atoms with E-state index in [2.05, 4.69) is 20.8 Å². The molecule has 0 fully saturated rings. The Morgan fingerprint density at radius 1 is 1.03 bits per heavy atom. The number of anilines is 1. The molecule has 0 bridgehead atoms. The SMILES string of the molecule is CNC(=O)N(C(=O)C(C)c1ccccc1)C1c2n[nH]c(=O)c3cc(F)cc(c23)NC1c1ccc(F)cc1. The van der Waals surface area contributed by atoms with Gasteiger partial charge in [-0.2, -0.15) is 5.10 Å². The molecule has 1 aromatic heterocycles. The molecule has 3 atom stereocenters. The number of aromatic amines is 1. The van der Waals surface area contributed by atoms with Gasteiger partial charge in [0.2, 0.25) is 5.91 Å². The van der Waals surface area contributed by atoms with Crippen LogP contribution in [0, 0.1) is 11.6 Å². The normalized spacial score (nSPS) is 17.1. The van der Waals surface area contributed by atoms with Gasteiger partial charge in [-0.15, -0.1) is 0 Å². The van der Waals surface area contributed by atoms with Gasteiger partial charge in [-0.1, -0.05) is 42.5 Å². The number of hydrogen-bond acceptors (Lipinski definition) is 5. The molecule has 3 unspecified atom stereocenters. The zero-order valence-corrected chi connectivity index (χ0v) is 20.0. The molecule has 8 nitrogen and oxygen atoms in total. The van der Waals surface area contributed by atoms with Crippen molar-refractivity contribution in [2.75, 3.05) is 12.4 Å². The molecular weight excluding hydrogens is 480 g/mol. The average Bonchev–Trinajstić information content (AvgIpc) is 2.91. The molecule has 1 aliphatic heterocycles. The number of rotatable bonds is 4. The number of carbonyl (C=O) groups excluding carboxylic acids is 2. The van der Waals surface area contributed by atoms with Crippen molar-refractivity contribution in [2.45, 2.75) is 24.9 Å². The topological polar surface area (TPSA) is 107 Å². The molecule has 0 spiro atoms. The van der Waals surface area contributed by atoms with Crippen LogP contribution in [0.2, 0.25) is 0 Å². The Labute approximate surface area is 210 Å². The summed E-state index contributed by atoms with van der Waals surface area (Å²) in [5.41, 5.74) is 1.09. The van der Waals surface area contributed by atoms with Crippen molar-refractivity contribution in [1.29, 1.82) is 0 Å². The molecule has 0 aliphatic carbocycles. The fraction of sp³-hybridized carbons (Fsp3) is 0.185. The van der Waals surface area contributed by atoms with Gasteiger partial charge in [0.1, 0.15) is 17.7 Å². The lowest BCUT2D eigenvalue weighted by atomic mass is 9.87. The third-order valence-corrected chi connectivity index (χ3v) is 6.64. The van der Waals surface area contributed by atoms with Gasteiger partial charge < -0.3 is 10.6 Å². The van der Waals surface area contributed by atoms with E-state index in [9.17, 15) is 23.2 Å². The first-order valence-electron chi connectivity index (χ1n) is 11.6. The molecule has 5 rings (SSSR count). The third kappa shape index (κ3) is 4.20. The molecule has 4 aromatic rings. The van der Waals surface area contributed by atoms with Gasteiger partial charge in [0.25, 0.3) is 5.56 Å². The van der Waals surface area contributed by atoms with E-state index in [0.29, 0.717) is 16.5 Å². The van der Waals surface area contributed by atoms with Crippen LogP contribution in [0.4, 0.5) is 19.3 Å². The molecule has 0 radical (unpaired) electrons. The van der Waals surface area contributed by atoms with Gasteiger partial charge >= 0.3 is 6.03 Å². The summed E-state index contributed by atoms with van der Waals surface area (Å²) in [6, 6.07) is 14.2. The Hall–Kier alpha value is -4.60. The first-order chi connectivity index (χ1) is 17.8. The number of nitrogens with one attached hydrogen (secondary N) is 3. The number of amides is 3. The molecule has 2 heterocycles. The van der Waals surface area contributed by atoms with Crippen LogP contribution in [-0.2, 0) is 4.79 Å². The van der Waals surface area contributed by atoms with Gasteiger partial charge in [-0.25, -0.2) is 18.7 Å². The average molecular weight is 504 g/mol. The summed E-state index contributed by atoms with van der Waals surface area (Å²) in [6.45, 7) is 1.69. The molecule has 0 saturated carbocycles. The van der Waals surface area contributed by atoms with Crippen molar-refractivity contribution in [2.24, 2.45) is 0 Å². The predicted molar refractivity (Wildman–Crippen MR) is 134 cm³/mol. The quantitative estimate of drug-likeness (QED) is 0.383. The van der Waals surface area contributed by atoms with E-state index in [1.807, 2.05) is 6.07 Å². The Kier molecular flexibility index (Phi) is 6.16. The Morgan fingerprint density at radius 3 is 2.41 bits per heavy atom. The van der Waals surface area contributed by atoms with Crippen LogP contribution in [0.1, 0.15) is 41.7 Å². The number of carbonyl (C=O) groups is 2. The van der Waals surface area contributed by atoms with Crippen LogP contribution >= 0.6 is 0 Å². The van der Waals surface area contributed by atoms with E-state index >= 15 is 0 Å². The van der Waals surface area contributed by atoms with Gasteiger partial charge in [0.15, 0.2) is 0 Å². The number of nitrogens with zero attached hydrogens (tertiary/aromatic N) is 2. The van der Waals surface area contributed by atoms with Gasteiger partial charge in [0, 0.05) is 18.1 Å². The van der Waals surface area contributed by atoms with E-state index in [0.717, 1.165) is 11.0 Å². The smallest absolute Gasteiger partial charge is 0.324 e. The van der Waals surface area contributed by atoms with Crippen LogP contribution in [-0.4, -0.2) is 34.1 Å². The van der Waals surface area contributed by atoms with Gasteiger partial charge in [-0.3, -0.25) is 14.5 Å². The zero-order valence-electron chi connectivity index (χ0n) is 20.0. The second-order valence-corrected chi connectivity index (χ2v) is 8.83. The number of benzene rings is 3. The van der Waals surface area contributed by atoms with E-state index < -0.39 is 47.1 Å². The van der Waals surface area contributed by atoms with Crippen LogP contribution in [0.15, 0.2) is 71.5 Å². The van der Waals surface area contributed by atoms with Crippen molar-refractivity contribution in [1.82, 2.24) is 20.4 Å². The van der Waals surface area contributed by atoms with Crippen LogP contribution in [0.5, 0.6) is 0 Å². The summed E-state index contributed by atoms with van der Waals surface area (Å²) in [4.78, 5) is 40.9. The minimum absolute atomic E-state index is 0.0236. The standard InChI is InChI=1S/C27H23F2N5O3/c1-14(15-6-4-3-5-7-15)26(36)34(27(37)30-2)24-22(16-8-10-17(28)11-9-16)31-20-13-18(29)12-19-21(20)23(24)32-33-25(19)35/h3-14,22,24,31H,1-2H3,(H,30,37)(H,33,35). The van der Waals surface area contributed by atoms with Crippen LogP contribution in [0.25, 0.3) is 10.8 Å². The first kappa shape index (κ1) is 24.1. The molecule has 3 N–H and O–H groups in total. The third-order valence-electron chi connectivity index (χ3n) is 6.64. The number of imide groups is 1. The Balaban J connectivity index is 1.75. The van der Waals surface area contributed by atoms with Crippen molar-refractivity contribution in [3.05, 3.63) is 106 Å². The lowest BCUT2D eigenvalue weighted by Gasteiger charge is -2.40. The zero-order chi connectivity index (χ0) is 26.3. The summed E-state index contributed by atoms with van der Waals surface area (Å²) in [5, 5.41) is 12.6. The molecule has 3 amide bonds. The first-order valence-corrected chi connectivity index (χ1v) is 11.6. The lowest BCUT2D eigenvalue weighted by molar-refractivity contribution is -0.131. The predicted octanol–water partition coefficient (Wildman–Crippen LogP) is 4.38. The molecule has 10 heteroatoms. The van der Waals surface area contributed by atoms with Gasteiger partial charge in [-0.05, 0) is 42.3 Å². The van der Waals surface area contributed by atoms with E-state index in [1.54, 1.807) is 31.2 Å². The highest BCUT2D eigenvalue weighted by atomic mass is 19.1. The van der Waals surface area contributed by atoms with Crippen LogP contribution < -0.4 is 16.2 Å². The minimum atomic E-state index is -1.07. The maximum atomic E-state index is 14.5. The van der Waals surface area contributed by atoms with Crippen molar-refractivity contribution in [3.8, 4) is 0 Å². The highest BCUT2D eigenvalue weighted by Gasteiger charge is 2.44. The molecule has 1 aliphatic rings. The molecule has 0 saturated heterocycles. The number of aromatic nitrogens is 2. The number of hydrogen-bond donors (Lipinski definition) is 3. The van der Waals surface area contributed by atoms with Gasteiger partial charge in [0.05, 0.1) is 23.0 Å². The monoisotopic (exact) mass is 503 g/mol. The highest BCUT2D eigenvalue weighted by Crippen LogP contribution is 2.45. The van der Waals surface area contributed by atoms with Crippen molar-refractivity contribution < 1.29 is 18.4 Å². The van der Waals surface area contributed by atoms with Crippen LogP contribution in [0.3, 0.4) is 0 Å². The minimum Gasteiger partial charge on any atom is -0.375 e. The summed E-state index contributed by atoms with van der Waals surface area (Å²) < 4.78 is 28.3. The second-order valence-electron chi connectivity index (χ2n) is 8.83. The maximum Gasteiger partial charge on any atom is 0.324 e. The fourth-order valence-corrected chi connectivity index (χ4v) is 4.81. The van der Waals surface area contributed by atoms with Crippen molar-refractivity contribution in [3.63, 3.8) is 0 Å². The Bertz CT molecular complexity index is 1560. The maximum absolute atomic E-state index is 14.5. The molecular formula is C27H23F2N5O3. The Morgan fingerprint density at radius 2 is 1.73 bits per heavy atom. The van der Waals surface area contributed by atoms with Crippen molar-refractivity contribution >= 4 is 28.4 Å². The summed E-state index contributed by atoms with van der Waals surface area (Å²) in [7, 11) is 1.40. The lowest BCUT2D eigenvalue weighted by Crippen LogP contribution is -2.50. The fourth-order valence-electron chi connectivity index (χ4n) is 4.81. The van der Waals surface area contributed by atoms with E-state index in [4.69, 9.17) is 0 Å². The summed E-state index contributed by atoms with van der Waals surface area (Å²) >= 11 is 0. The second kappa shape index (κ2) is 9.45.